The van der Waals surface area contributed by atoms with Crippen molar-refractivity contribution in [3.8, 4) is 0 Å². The lowest BCUT2D eigenvalue weighted by atomic mass is 10.0. The first kappa shape index (κ1) is 12.9. The molecule has 0 radical (unpaired) electrons. The number of carbonyl (C=O) groups is 2. The smallest absolute Gasteiger partial charge is 0.328 e. The molecular weight excluding hydrogens is 216 g/mol. The van der Waals surface area contributed by atoms with Gasteiger partial charge in [-0.25, -0.2) is 4.79 Å². The molecule has 1 rings (SSSR count). The minimum absolute atomic E-state index is 0.0795. The molecule has 0 aromatic carbocycles. The van der Waals surface area contributed by atoms with Gasteiger partial charge in [-0.2, -0.15) is 0 Å². The van der Waals surface area contributed by atoms with Crippen LogP contribution in [0.2, 0.25) is 0 Å². The maximum Gasteiger partial charge on any atom is 0.328 e. The normalized spacial score (nSPS) is 26.4. The molecule has 0 aromatic heterocycles. The molecule has 3 unspecified atom stereocenters. The Morgan fingerprint density at radius 3 is 2.75 bits per heavy atom. The topological polar surface area (TPSA) is 111 Å². The molecule has 0 bridgehead atoms. The zero-order chi connectivity index (χ0) is 12.1. The van der Waals surface area contributed by atoms with E-state index in [1.54, 1.807) is 0 Å². The SMILES string of the molecule is COCC(NC(=O)C1COCC1N)C(=O)O. The highest BCUT2D eigenvalue weighted by Crippen LogP contribution is 2.11. The van der Waals surface area contributed by atoms with E-state index in [1.165, 1.54) is 7.11 Å². The van der Waals surface area contributed by atoms with Crippen LogP contribution in [0.4, 0.5) is 0 Å². The summed E-state index contributed by atoms with van der Waals surface area (Å²) in [7, 11) is 1.37. The van der Waals surface area contributed by atoms with Crippen molar-refractivity contribution in [2.24, 2.45) is 11.7 Å². The van der Waals surface area contributed by atoms with Crippen LogP contribution in [-0.4, -0.2) is 56.0 Å². The summed E-state index contributed by atoms with van der Waals surface area (Å²) in [6.07, 6.45) is 0. The number of rotatable bonds is 5. The lowest BCUT2D eigenvalue weighted by Gasteiger charge is -2.17. The minimum Gasteiger partial charge on any atom is -0.480 e. The molecule has 1 aliphatic heterocycles. The standard InChI is InChI=1S/C9H16N2O5/c1-15-4-7(9(13)14)11-8(12)5-2-16-3-6(5)10/h5-7H,2-4,10H2,1H3,(H,11,12)(H,13,14). The molecule has 16 heavy (non-hydrogen) atoms. The van der Waals surface area contributed by atoms with Crippen LogP contribution < -0.4 is 11.1 Å². The largest absolute Gasteiger partial charge is 0.480 e. The van der Waals surface area contributed by atoms with Crippen LogP contribution in [0.25, 0.3) is 0 Å². The fourth-order valence-electron chi connectivity index (χ4n) is 1.46. The first-order valence-corrected chi connectivity index (χ1v) is 4.91. The average Bonchev–Trinajstić information content (AvgIpc) is 2.63. The van der Waals surface area contributed by atoms with Crippen molar-refractivity contribution in [2.45, 2.75) is 12.1 Å². The van der Waals surface area contributed by atoms with Crippen molar-refractivity contribution in [3.63, 3.8) is 0 Å². The van der Waals surface area contributed by atoms with Gasteiger partial charge in [-0.3, -0.25) is 4.79 Å². The second-order valence-corrected chi connectivity index (χ2v) is 3.66. The molecular formula is C9H16N2O5. The molecule has 1 amide bonds. The molecule has 1 saturated heterocycles. The Balaban J connectivity index is 2.50. The number of hydrogen-bond acceptors (Lipinski definition) is 5. The molecule has 3 atom stereocenters. The van der Waals surface area contributed by atoms with E-state index in [4.69, 9.17) is 20.3 Å². The molecule has 0 aliphatic carbocycles. The third kappa shape index (κ3) is 3.16. The van der Waals surface area contributed by atoms with E-state index in [9.17, 15) is 9.59 Å². The van der Waals surface area contributed by atoms with E-state index in [0.717, 1.165) is 0 Å². The monoisotopic (exact) mass is 232 g/mol. The van der Waals surface area contributed by atoms with Gasteiger partial charge in [-0.05, 0) is 0 Å². The fourth-order valence-corrected chi connectivity index (χ4v) is 1.46. The predicted octanol–water partition coefficient (Wildman–Crippen LogP) is -1.82. The number of ether oxygens (including phenoxy) is 2. The van der Waals surface area contributed by atoms with E-state index in [1.807, 2.05) is 0 Å². The summed E-state index contributed by atoms with van der Waals surface area (Å²) in [5, 5.41) is 11.2. The van der Waals surface area contributed by atoms with E-state index in [-0.39, 0.29) is 19.3 Å². The summed E-state index contributed by atoms with van der Waals surface area (Å²) in [5.74, 6) is -2.03. The van der Waals surface area contributed by atoms with Crippen molar-refractivity contribution in [1.29, 1.82) is 0 Å². The third-order valence-corrected chi connectivity index (χ3v) is 2.41. The quantitative estimate of drug-likeness (QED) is 0.514. The van der Waals surface area contributed by atoms with Gasteiger partial charge in [0.05, 0.1) is 25.7 Å². The van der Waals surface area contributed by atoms with Gasteiger partial charge in [0.25, 0.3) is 0 Å². The molecule has 7 nitrogen and oxygen atoms in total. The summed E-state index contributed by atoms with van der Waals surface area (Å²) in [6.45, 7) is 0.469. The first-order valence-electron chi connectivity index (χ1n) is 4.91. The highest BCUT2D eigenvalue weighted by atomic mass is 16.5. The first-order chi connectivity index (χ1) is 7.56. The number of nitrogens with two attached hydrogens (primary N) is 1. The van der Waals surface area contributed by atoms with Crippen molar-refractivity contribution in [1.82, 2.24) is 5.32 Å². The van der Waals surface area contributed by atoms with Crippen LogP contribution in [0, 0.1) is 5.92 Å². The Hall–Kier alpha value is -1.18. The van der Waals surface area contributed by atoms with Crippen LogP contribution >= 0.6 is 0 Å². The van der Waals surface area contributed by atoms with Gasteiger partial charge < -0.3 is 25.6 Å². The maximum absolute atomic E-state index is 11.7. The lowest BCUT2D eigenvalue weighted by molar-refractivity contribution is -0.144. The van der Waals surface area contributed by atoms with Gasteiger partial charge in [0.2, 0.25) is 5.91 Å². The number of carboxylic acid groups (broad SMARTS) is 1. The van der Waals surface area contributed by atoms with Crippen LogP contribution in [0.3, 0.4) is 0 Å². The Labute approximate surface area is 92.9 Å². The second-order valence-electron chi connectivity index (χ2n) is 3.66. The fraction of sp³-hybridized carbons (Fsp3) is 0.778. The number of carbonyl (C=O) groups excluding carboxylic acids is 1. The number of amides is 1. The number of methoxy groups -OCH3 is 1. The maximum atomic E-state index is 11.7. The average molecular weight is 232 g/mol. The highest BCUT2D eigenvalue weighted by molar-refractivity contribution is 5.85. The second kappa shape index (κ2) is 5.78. The van der Waals surface area contributed by atoms with Gasteiger partial charge in [0, 0.05) is 13.2 Å². The van der Waals surface area contributed by atoms with Crippen molar-refractivity contribution in [2.75, 3.05) is 26.9 Å². The van der Waals surface area contributed by atoms with Gasteiger partial charge in [-0.15, -0.1) is 0 Å². The van der Waals surface area contributed by atoms with Crippen molar-refractivity contribution >= 4 is 11.9 Å². The molecule has 7 heteroatoms. The van der Waals surface area contributed by atoms with Crippen LogP contribution in [-0.2, 0) is 19.1 Å². The van der Waals surface area contributed by atoms with Gasteiger partial charge >= 0.3 is 5.97 Å². The molecule has 1 aliphatic rings. The number of carboxylic acids is 1. The zero-order valence-corrected chi connectivity index (χ0v) is 9.01. The lowest BCUT2D eigenvalue weighted by Crippen LogP contribution is -2.49. The van der Waals surface area contributed by atoms with E-state index >= 15 is 0 Å². The molecule has 92 valence electrons. The predicted molar refractivity (Wildman–Crippen MR) is 53.7 cm³/mol. The van der Waals surface area contributed by atoms with E-state index < -0.39 is 23.8 Å². The van der Waals surface area contributed by atoms with Crippen molar-refractivity contribution < 1.29 is 24.2 Å². The summed E-state index contributed by atoms with van der Waals surface area (Å²) >= 11 is 0. The summed E-state index contributed by atoms with van der Waals surface area (Å²) in [6, 6.07) is -1.43. The van der Waals surface area contributed by atoms with Gasteiger partial charge in [-0.1, -0.05) is 0 Å². The zero-order valence-electron chi connectivity index (χ0n) is 9.01. The number of aliphatic carboxylic acids is 1. The third-order valence-electron chi connectivity index (χ3n) is 2.41. The highest BCUT2D eigenvalue weighted by Gasteiger charge is 2.33. The minimum atomic E-state index is -1.14. The van der Waals surface area contributed by atoms with Crippen LogP contribution in [0.1, 0.15) is 0 Å². The Morgan fingerprint density at radius 1 is 1.62 bits per heavy atom. The Bertz CT molecular complexity index is 271. The summed E-state index contributed by atoms with van der Waals surface area (Å²) < 4.78 is 9.73. The van der Waals surface area contributed by atoms with Crippen molar-refractivity contribution in [3.05, 3.63) is 0 Å². The van der Waals surface area contributed by atoms with Crippen LogP contribution in [0.15, 0.2) is 0 Å². The Kier molecular flexibility index (Phi) is 4.66. The van der Waals surface area contributed by atoms with Crippen LogP contribution in [0.5, 0.6) is 0 Å². The molecule has 0 saturated carbocycles. The number of hydrogen-bond donors (Lipinski definition) is 3. The summed E-state index contributed by atoms with van der Waals surface area (Å²) in [4.78, 5) is 22.4. The molecule has 1 fully saturated rings. The Morgan fingerprint density at radius 2 is 2.31 bits per heavy atom. The van der Waals surface area contributed by atoms with E-state index in [0.29, 0.717) is 6.61 Å². The molecule has 0 spiro atoms. The molecule has 4 N–H and O–H groups in total. The van der Waals surface area contributed by atoms with E-state index in [2.05, 4.69) is 5.32 Å². The van der Waals surface area contributed by atoms with Gasteiger partial charge in [0.1, 0.15) is 0 Å². The van der Waals surface area contributed by atoms with Gasteiger partial charge in [0.15, 0.2) is 6.04 Å². The summed E-state index contributed by atoms with van der Waals surface area (Å²) in [5.41, 5.74) is 5.64. The molecule has 0 aromatic rings. The number of nitrogens with one attached hydrogen (secondary N) is 1. The molecule has 1 heterocycles.